The Kier molecular flexibility index (Phi) is 9.83. The number of terminal acetylenes is 1. The molecule has 6 nitrogen and oxygen atoms in total. The van der Waals surface area contributed by atoms with Crippen LogP contribution in [0.2, 0.25) is 0 Å². The molecule has 2 heterocycles. The fourth-order valence-electron chi connectivity index (χ4n) is 3.98. The first-order valence-corrected chi connectivity index (χ1v) is 10.6. The zero-order valence-corrected chi connectivity index (χ0v) is 19.2. The number of aromatic nitrogens is 1. The van der Waals surface area contributed by atoms with E-state index in [0.29, 0.717) is 35.2 Å². The molecule has 166 valence electrons. The lowest BCUT2D eigenvalue weighted by Gasteiger charge is -2.32. The quantitative estimate of drug-likeness (QED) is 0.614. The first-order chi connectivity index (χ1) is 15.1. The Balaban J connectivity index is 0.00000363. The van der Waals surface area contributed by atoms with Crippen molar-refractivity contribution in [2.75, 3.05) is 43.4 Å². The van der Waals surface area contributed by atoms with Crippen molar-refractivity contribution < 1.29 is 0 Å². The number of nitriles is 2. The van der Waals surface area contributed by atoms with Gasteiger partial charge in [-0.1, -0.05) is 36.3 Å². The molecule has 1 aliphatic heterocycles. The highest BCUT2D eigenvalue weighted by Crippen LogP contribution is 2.25. The summed E-state index contributed by atoms with van der Waals surface area (Å²) in [6, 6.07) is 16.4. The third-order valence-corrected chi connectivity index (χ3v) is 5.73. The number of likely N-dealkylation sites (tertiary alicyclic amines) is 1. The van der Waals surface area contributed by atoms with Crippen LogP contribution < -0.4 is 10.2 Å². The van der Waals surface area contributed by atoms with E-state index in [0.717, 1.165) is 32.6 Å². The van der Waals surface area contributed by atoms with Crippen molar-refractivity contribution in [1.82, 2.24) is 9.88 Å². The number of nitrogens with one attached hydrogen (secondary N) is 1. The molecule has 32 heavy (non-hydrogen) atoms. The number of halogens is 1. The van der Waals surface area contributed by atoms with Crippen LogP contribution >= 0.6 is 12.4 Å². The summed E-state index contributed by atoms with van der Waals surface area (Å²) in [7, 11) is 1.79. The number of anilines is 2. The molecule has 0 atom stereocenters. The predicted molar refractivity (Wildman–Crippen MR) is 131 cm³/mol. The lowest BCUT2D eigenvalue weighted by molar-refractivity contribution is 0.174. The third kappa shape index (κ3) is 6.63. The highest BCUT2D eigenvalue weighted by Gasteiger charge is 2.20. The average Bonchev–Trinajstić information content (AvgIpc) is 2.80. The van der Waals surface area contributed by atoms with Crippen molar-refractivity contribution in [3.63, 3.8) is 0 Å². The van der Waals surface area contributed by atoms with Crippen LogP contribution in [0.1, 0.15) is 36.0 Å². The van der Waals surface area contributed by atoms with Crippen LogP contribution in [-0.4, -0.2) is 43.1 Å². The van der Waals surface area contributed by atoms with Crippen molar-refractivity contribution >= 4 is 24.0 Å². The number of hydrogen-bond acceptors (Lipinski definition) is 6. The van der Waals surface area contributed by atoms with E-state index in [1.54, 1.807) is 18.0 Å². The third-order valence-electron chi connectivity index (χ3n) is 5.73. The van der Waals surface area contributed by atoms with E-state index < -0.39 is 0 Å². The van der Waals surface area contributed by atoms with Gasteiger partial charge in [-0.3, -0.25) is 4.90 Å². The topological polar surface area (TPSA) is 79.0 Å². The van der Waals surface area contributed by atoms with E-state index in [1.165, 1.54) is 18.4 Å². The van der Waals surface area contributed by atoms with E-state index in [4.69, 9.17) is 6.42 Å². The van der Waals surface area contributed by atoms with Crippen LogP contribution in [-0.2, 0) is 6.54 Å². The van der Waals surface area contributed by atoms with Crippen molar-refractivity contribution in [2.24, 2.45) is 5.92 Å². The SMILES string of the molecule is C#CCN(C)c1nc(NCCC2CCN(Cc3ccccc3)CC2)c(C#N)cc1C#N.Cl. The Bertz CT molecular complexity index is 994. The first kappa shape index (κ1) is 25.0. The van der Waals surface area contributed by atoms with Crippen molar-refractivity contribution in [2.45, 2.75) is 25.8 Å². The molecule has 0 saturated carbocycles. The highest BCUT2D eigenvalue weighted by molar-refractivity contribution is 5.85. The zero-order chi connectivity index (χ0) is 22.1. The fourth-order valence-corrected chi connectivity index (χ4v) is 3.98. The van der Waals surface area contributed by atoms with Crippen LogP contribution in [0.3, 0.4) is 0 Å². The van der Waals surface area contributed by atoms with Crippen LogP contribution in [0.4, 0.5) is 11.6 Å². The largest absolute Gasteiger partial charge is 0.369 e. The van der Waals surface area contributed by atoms with Crippen LogP contribution in [0.15, 0.2) is 36.4 Å². The number of nitrogens with zero attached hydrogens (tertiary/aromatic N) is 5. The summed E-state index contributed by atoms with van der Waals surface area (Å²) in [6.45, 7) is 4.32. The molecule has 3 rings (SSSR count). The van der Waals surface area contributed by atoms with Gasteiger partial charge in [0, 0.05) is 20.1 Å². The van der Waals surface area contributed by atoms with Gasteiger partial charge in [0.15, 0.2) is 0 Å². The maximum atomic E-state index is 9.48. The van der Waals surface area contributed by atoms with Gasteiger partial charge in [-0.25, -0.2) is 4.98 Å². The number of hydrogen-bond donors (Lipinski definition) is 1. The highest BCUT2D eigenvalue weighted by atomic mass is 35.5. The molecule has 1 N–H and O–H groups in total. The maximum absolute atomic E-state index is 9.48. The molecule has 0 unspecified atom stereocenters. The lowest BCUT2D eigenvalue weighted by atomic mass is 9.93. The molecular weight excluding hydrogens is 420 g/mol. The zero-order valence-electron chi connectivity index (χ0n) is 18.4. The minimum atomic E-state index is 0. The number of rotatable bonds is 8. The molecule has 0 bridgehead atoms. The van der Waals surface area contributed by atoms with Crippen molar-refractivity contribution in [3.05, 3.63) is 53.1 Å². The second-order valence-electron chi connectivity index (χ2n) is 7.96. The lowest BCUT2D eigenvalue weighted by Crippen LogP contribution is -2.33. The molecule has 1 aliphatic rings. The van der Waals surface area contributed by atoms with Gasteiger partial charge in [0.2, 0.25) is 0 Å². The van der Waals surface area contributed by atoms with Gasteiger partial charge in [0.25, 0.3) is 0 Å². The average molecular weight is 449 g/mol. The van der Waals surface area contributed by atoms with Crippen LogP contribution in [0, 0.1) is 40.9 Å². The molecule has 0 spiro atoms. The number of pyridine rings is 1. The maximum Gasteiger partial charge on any atom is 0.149 e. The summed E-state index contributed by atoms with van der Waals surface area (Å²) < 4.78 is 0. The van der Waals surface area contributed by atoms with Crippen molar-refractivity contribution in [1.29, 1.82) is 10.5 Å². The minimum Gasteiger partial charge on any atom is -0.369 e. The molecule has 0 amide bonds. The predicted octanol–water partition coefficient (Wildman–Crippen LogP) is 4.03. The normalized spacial score (nSPS) is 13.8. The molecule has 1 fully saturated rings. The minimum absolute atomic E-state index is 0. The Hall–Kier alpha value is -3.24. The van der Waals surface area contributed by atoms with Gasteiger partial charge < -0.3 is 10.2 Å². The van der Waals surface area contributed by atoms with E-state index in [-0.39, 0.29) is 12.4 Å². The summed E-state index contributed by atoms with van der Waals surface area (Å²) >= 11 is 0. The van der Waals surface area contributed by atoms with Crippen molar-refractivity contribution in [3.8, 4) is 24.5 Å². The fraction of sp³-hybridized carbons (Fsp3) is 0.400. The summed E-state index contributed by atoms with van der Waals surface area (Å²) in [4.78, 5) is 8.80. The standard InChI is InChI=1S/C25H28N6.ClH/c1-3-13-30(2)25-23(18-27)16-22(17-26)24(29-25)28-12-9-20-10-14-31(15-11-20)19-21-7-5-4-6-8-21;/h1,4-8,16,20H,9-15,19H2,2H3,(H,28,29);1H. The molecule has 1 aromatic heterocycles. The van der Waals surface area contributed by atoms with Gasteiger partial charge >= 0.3 is 0 Å². The van der Waals surface area contributed by atoms with Crippen LogP contribution in [0.5, 0.6) is 0 Å². The summed E-state index contributed by atoms with van der Waals surface area (Å²) in [5.74, 6) is 4.23. The number of piperidine rings is 1. The van der Waals surface area contributed by atoms with Crippen LogP contribution in [0.25, 0.3) is 0 Å². The monoisotopic (exact) mass is 448 g/mol. The Morgan fingerprint density at radius 1 is 1.16 bits per heavy atom. The summed E-state index contributed by atoms with van der Waals surface area (Å²) in [5, 5.41) is 22.2. The van der Waals surface area contributed by atoms with Gasteiger partial charge in [0.05, 0.1) is 17.7 Å². The van der Waals surface area contributed by atoms with E-state index in [2.05, 4.69) is 63.6 Å². The summed E-state index contributed by atoms with van der Waals surface area (Å²) in [5.41, 5.74) is 2.10. The van der Waals surface area contributed by atoms with Gasteiger partial charge in [-0.15, -0.1) is 18.8 Å². The van der Waals surface area contributed by atoms with Gasteiger partial charge in [-0.2, -0.15) is 10.5 Å². The molecule has 0 radical (unpaired) electrons. The smallest absolute Gasteiger partial charge is 0.149 e. The first-order valence-electron chi connectivity index (χ1n) is 10.6. The molecule has 1 saturated heterocycles. The molecule has 1 aromatic carbocycles. The Morgan fingerprint density at radius 2 is 1.84 bits per heavy atom. The van der Waals surface area contributed by atoms with E-state index in [1.807, 2.05) is 0 Å². The molecular formula is C25H29ClN6. The van der Waals surface area contributed by atoms with E-state index >= 15 is 0 Å². The molecule has 0 aliphatic carbocycles. The second kappa shape index (κ2) is 12.6. The molecule has 7 heteroatoms. The molecule has 2 aromatic rings. The van der Waals surface area contributed by atoms with Gasteiger partial charge in [-0.05, 0) is 49.9 Å². The summed E-state index contributed by atoms with van der Waals surface area (Å²) in [6.07, 6.45) is 8.78. The van der Waals surface area contributed by atoms with E-state index in [9.17, 15) is 10.5 Å². The Morgan fingerprint density at radius 3 is 2.47 bits per heavy atom. The number of benzene rings is 1. The Labute approximate surface area is 197 Å². The van der Waals surface area contributed by atoms with Gasteiger partial charge in [0.1, 0.15) is 23.8 Å². The second-order valence-corrected chi connectivity index (χ2v) is 7.96.